The molecule has 0 aromatic heterocycles. The highest BCUT2D eigenvalue weighted by molar-refractivity contribution is 7.92. The molecule has 1 N–H and O–H groups in total. The number of hydrogen-bond acceptors (Lipinski definition) is 5. The van der Waals surface area contributed by atoms with Crippen molar-refractivity contribution in [2.45, 2.75) is 65.1 Å². The van der Waals surface area contributed by atoms with Gasteiger partial charge in [-0.1, -0.05) is 71.7 Å². The zero-order chi connectivity index (χ0) is 32.5. The summed E-state index contributed by atoms with van der Waals surface area (Å²) in [5, 5.41) is 3.77. The summed E-state index contributed by atoms with van der Waals surface area (Å²) in [6.45, 7) is 7.85. The molecule has 0 saturated heterocycles. The molecule has 0 radical (unpaired) electrons. The van der Waals surface area contributed by atoms with Crippen molar-refractivity contribution in [2.75, 3.05) is 23.7 Å². The zero-order valence-electron chi connectivity index (χ0n) is 25.8. The van der Waals surface area contributed by atoms with Crippen LogP contribution in [-0.4, -0.2) is 56.1 Å². The lowest BCUT2D eigenvalue weighted by molar-refractivity contribution is -0.142. The quantitative estimate of drug-likeness (QED) is 0.213. The van der Waals surface area contributed by atoms with Gasteiger partial charge in [-0.25, -0.2) is 8.42 Å². The number of carbonyl (C=O) groups excluding carboxylic acids is 2. The van der Waals surface area contributed by atoms with E-state index in [2.05, 4.69) is 5.32 Å². The zero-order valence-corrected chi connectivity index (χ0v) is 28.2. The molecule has 0 heterocycles. The largest absolute Gasteiger partial charge is 0.492 e. The first-order valence-corrected chi connectivity index (χ1v) is 17.1. The number of carbonyl (C=O) groups is 2. The first-order chi connectivity index (χ1) is 20.7. The lowest BCUT2D eigenvalue weighted by Crippen LogP contribution is -2.54. The first kappa shape index (κ1) is 35.2. The molecule has 3 aromatic rings. The van der Waals surface area contributed by atoms with Gasteiger partial charge in [-0.05, 0) is 63.9 Å². The van der Waals surface area contributed by atoms with Gasteiger partial charge in [0.2, 0.25) is 21.8 Å². The van der Waals surface area contributed by atoms with E-state index in [0.29, 0.717) is 33.7 Å². The van der Waals surface area contributed by atoms with E-state index < -0.39 is 21.6 Å². The summed E-state index contributed by atoms with van der Waals surface area (Å²) < 4.78 is 32.6. The molecule has 44 heavy (non-hydrogen) atoms. The van der Waals surface area contributed by atoms with E-state index in [1.807, 2.05) is 58.0 Å². The van der Waals surface area contributed by atoms with Gasteiger partial charge in [0.1, 0.15) is 11.8 Å². The van der Waals surface area contributed by atoms with Crippen molar-refractivity contribution in [3.8, 4) is 5.75 Å². The topological polar surface area (TPSA) is 96.0 Å². The van der Waals surface area contributed by atoms with Crippen LogP contribution < -0.4 is 14.4 Å². The molecule has 3 aromatic carbocycles. The highest BCUT2D eigenvalue weighted by atomic mass is 35.5. The van der Waals surface area contributed by atoms with Gasteiger partial charge in [-0.15, -0.1) is 0 Å². The van der Waals surface area contributed by atoms with E-state index in [1.54, 1.807) is 42.5 Å². The molecule has 0 aliphatic carbocycles. The second-order valence-electron chi connectivity index (χ2n) is 11.5. The van der Waals surface area contributed by atoms with Gasteiger partial charge in [-0.3, -0.25) is 13.9 Å². The Hall–Kier alpha value is -3.27. The first-order valence-electron chi connectivity index (χ1n) is 14.5. The smallest absolute Gasteiger partial charge is 0.243 e. The van der Waals surface area contributed by atoms with Crippen LogP contribution in [-0.2, 0) is 32.6 Å². The summed E-state index contributed by atoms with van der Waals surface area (Å²) in [6.07, 6.45) is 1.54. The molecule has 8 nitrogen and oxygen atoms in total. The van der Waals surface area contributed by atoms with Crippen LogP contribution in [0, 0.1) is 0 Å². The molecule has 0 spiro atoms. The van der Waals surface area contributed by atoms with Gasteiger partial charge in [0.15, 0.2) is 0 Å². The SMILES string of the molecule is CCOc1ccccc1N(CCCC(=O)N(Cc1c(Cl)cccc1Cl)[C@@H](Cc1ccccc1)C(=O)NC(C)(C)C)S(C)(=O)=O. The van der Waals surface area contributed by atoms with Crippen molar-refractivity contribution in [1.82, 2.24) is 10.2 Å². The van der Waals surface area contributed by atoms with Gasteiger partial charge in [-0.2, -0.15) is 0 Å². The summed E-state index contributed by atoms with van der Waals surface area (Å²) in [5.41, 5.74) is 1.25. The molecular weight excluding hydrogens is 621 g/mol. The van der Waals surface area contributed by atoms with E-state index in [4.69, 9.17) is 27.9 Å². The maximum Gasteiger partial charge on any atom is 0.243 e. The summed E-state index contributed by atoms with van der Waals surface area (Å²) in [6, 6.07) is 20.5. The van der Waals surface area contributed by atoms with Crippen LogP contribution in [0.1, 0.15) is 51.7 Å². The van der Waals surface area contributed by atoms with Gasteiger partial charge >= 0.3 is 0 Å². The standard InChI is InChI=1S/C33H41Cl2N3O5S/c1-6-43-30-19-11-10-18-28(30)38(44(5,41)42)21-13-20-31(39)37(23-25-26(34)16-12-17-27(25)35)29(32(40)36-33(2,3)4)22-24-14-8-7-9-15-24/h7-12,14-19,29H,6,13,20-23H2,1-5H3,(H,36,40)/t29-/m0/s1. The van der Waals surface area contributed by atoms with Crippen molar-refractivity contribution in [3.63, 3.8) is 0 Å². The van der Waals surface area contributed by atoms with E-state index in [9.17, 15) is 18.0 Å². The summed E-state index contributed by atoms with van der Waals surface area (Å²) in [4.78, 5) is 29.4. The normalized spacial score (nSPS) is 12.3. The number of amides is 2. The van der Waals surface area contributed by atoms with Crippen molar-refractivity contribution < 1.29 is 22.7 Å². The van der Waals surface area contributed by atoms with Crippen LogP contribution in [0.4, 0.5) is 5.69 Å². The van der Waals surface area contributed by atoms with Gasteiger partial charge in [0, 0.05) is 47.1 Å². The molecule has 238 valence electrons. The van der Waals surface area contributed by atoms with Crippen LogP contribution in [0.2, 0.25) is 10.0 Å². The molecule has 11 heteroatoms. The molecule has 0 unspecified atom stereocenters. The van der Waals surface area contributed by atoms with Crippen LogP contribution in [0.5, 0.6) is 5.75 Å². The fraction of sp³-hybridized carbons (Fsp3) is 0.394. The minimum atomic E-state index is -3.70. The third kappa shape index (κ3) is 10.1. The van der Waals surface area contributed by atoms with E-state index in [-0.39, 0.29) is 44.2 Å². The van der Waals surface area contributed by atoms with Gasteiger partial charge in [0.05, 0.1) is 18.6 Å². The molecular formula is C33H41Cl2N3O5S. The third-order valence-corrected chi connectivity index (χ3v) is 8.63. The third-order valence-electron chi connectivity index (χ3n) is 6.75. The van der Waals surface area contributed by atoms with Crippen molar-refractivity contribution in [1.29, 1.82) is 0 Å². The van der Waals surface area contributed by atoms with Crippen LogP contribution in [0.25, 0.3) is 0 Å². The van der Waals surface area contributed by atoms with E-state index in [0.717, 1.165) is 11.8 Å². The Balaban J connectivity index is 1.96. The Labute approximate surface area is 271 Å². The van der Waals surface area contributed by atoms with Crippen molar-refractivity contribution >= 4 is 50.7 Å². The van der Waals surface area contributed by atoms with Gasteiger partial charge in [0.25, 0.3) is 0 Å². The highest BCUT2D eigenvalue weighted by Gasteiger charge is 2.33. The minimum Gasteiger partial charge on any atom is -0.492 e. The Morgan fingerprint density at radius 1 is 0.932 bits per heavy atom. The maximum absolute atomic E-state index is 14.1. The summed E-state index contributed by atoms with van der Waals surface area (Å²) in [5.74, 6) is -0.220. The fourth-order valence-electron chi connectivity index (χ4n) is 4.78. The average Bonchev–Trinajstić information content (AvgIpc) is 2.94. The van der Waals surface area contributed by atoms with Crippen LogP contribution >= 0.6 is 23.2 Å². The number of halogens is 2. The van der Waals surface area contributed by atoms with Crippen LogP contribution in [0.3, 0.4) is 0 Å². The average molecular weight is 663 g/mol. The molecule has 1 atom stereocenters. The lowest BCUT2D eigenvalue weighted by Gasteiger charge is -2.34. The predicted octanol–water partition coefficient (Wildman–Crippen LogP) is 6.49. The Morgan fingerprint density at radius 2 is 1.55 bits per heavy atom. The Morgan fingerprint density at radius 3 is 2.14 bits per heavy atom. The molecule has 2 amide bonds. The fourth-order valence-corrected chi connectivity index (χ4v) is 6.27. The molecule has 0 bridgehead atoms. The number of para-hydroxylation sites is 2. The van der Waals surface area contributed by atoms with Crippen LogP contribution in [0.15, 0.2) is 72.8 Å². The Kier molecular flexibility index (Phi) is 12.5. The number of benzene rings is 3. The second kappa shape index (κ2) is 15.6. The minimum absolute atomic E-state index is 0.00460. The molecule has 0 aliphatic heterocycles. The molecule has 3 rings (SSSR count). The van der Waals surface area contributed by atoms with Crippen molar-refractivity contribution in [2.24, 2.45) is 0 Å². The summed E-state index contributed by atoms with van der Waals surface area (Å²) >= 11 is 13.1. The lowest BCUT2D eigenvalue weighted by atomic mass is 10.00. The van der Waals surface area contributed by atoms with Gasteiger partial charge < -0.3 is 15.0 Å². The monoisotopic (exact) mass is 661 g/mol. The Bertz CT molecular complexity index is 1510. The number of nitrogens with one attached hydrogen (secondary N) is 1. The number of hydrogen-bond donors (Lipinski definition) is 1. The molecule has 0 saturated carbocycles. The number of sulfonamides is 1. The number of ether oxygens (including phenoxy) is 1. The summed E-state index contributed by atoms with van der Waals surface area (Å²) in [7, 11) is -3.70. The van der Waals surface area contributed by atoms with Crippen molar-refractivity contribution in [3.05, 3.63) is 94.0 Å². The highest BCUT2D eigenvalue weighted by Crippen LogP contribution is 2.31. The maximum atomic E-state index is 14.1. The van der Waals surface area contributed by atoms with E-state index >= 15 is 0 Å². The molecule has 0 aliphatic rings. The second-order valence-corrected chi connectivity index (χ2v) is 14.2. The number of nitrogens with zero attached hydrogens (tertiary/aromatic N) is 2. The predicted molar refractivity (Wildman–Crippen MR) is 178 cm³/mol. The number of rotatable bonds is 14. The number of anilines is 1. The van der Waals surface area contributed by atoms with E-state index in [1.165, 1.54) is 9.21 Å². The molecule has 0 fully saturated rings.